The van der Waals surface area contributed by atoms with Crippen molar-refractivity contribution in [2.24, 2.45) is 0 Å². The van der Waals surface area contributed by atoms with Crippen LogP contribution in [0.2, 0.25) is 15.1 Å². The van der Waals surface area contributed by atoms with Gasteiger partial charge in [-0.1, -0.05) is 56.8 Å². The molecule has 0 aliphatic rings. The van der Waals surface area contributed by atoms with Crippen molar-refractivity contribution < 1.29 is 19.0 Å². The molecule has 0 spiro atoms. The van der Waals surface area contributed by atoms with Gasteiger partial charge < -0.3 is 19.9 Å². The van der Waals surface area contributed by atoms with Gasteiger partial charge in [0.05, 0.1) is 21.7 Å². The van der Waals surface area contributed by atoms with Crippen molar-refractivity contribution >= 4 is 56.4 Å². The van der Waals surface area contributed by atoms with Crippen LogP contribution >= 0.6 is 50.7 Å². The molecule has 3 aromatic carbocycles. The summed E-state index contributed by atoms with van der Waals surface area (Å²) in [6.07, 6.45) is 0. The third-order valence-corrected chi connectivity index (χ3v) is 5.98. The van der Waals surface area contributed by atoms with Crippen molar-refractivity contribution in [1.29, 1.82) is 0 Å². The Morgan fingerprint density at radius 2 is 1.61 bits per heavy atom. The van der Waals surface area contributed by atoms with E-state index in [1.807, 2.05) is 13.0 Å². The molecule has 0 aliphatic carbocycles. The quantitative estimate of drug-likeness (QED) is 0.281. The van der Waals surface area contributed by atoms with E-state index >= 15 is 0 Å². The molecule has 9 heteroatoms. The van der Waals surface area contributed by atoms with Crippen LogP contribution in [-0.2, 0) is 13.2 Å². The topological polar surface area (TPSA) is 50.7 Å². The summed E-state index contributed by atoms with van der Waals surface area (Å²) >= 11 is 21.6. The minimum Gasteiger partial charge on any atom is -0.505 e. The summed E-state index contributed by atoms with van der Waals surface area (Å²) in [6.45, 7) is 2.92. The predicted molar refractivity (Wildman–Crippen MR) is 127 cm³/mol. The van der Waals surface area contributed by atoms with Crippen LogP contribution in [0.5, 0.6) is 17.2 Å². The Kier molecular flexibility index (Phi) is 8.17. The maximum Gasteiger partial charge on any atom is 0.162 e. The highest BCUT2D eigenvalue weighted by Gasteiger charge is 2.13. The first-order chi connectivity index (χ1) is 14.8. The second-order valence-electron chi connectivity index (χ2n) is 6.49. The van der Waals surface area contributed by atoms with Crippen molar-refractivity contribution in [2.75, 3.05) is 11.9 Å². The molecule has 0 saturated carbocycles. The Balaban J connectivity index is 1.78. The van der Waals surface area contributed by atoms with Crippen LogP contribution in [0.1, 0.15) is 18.1 Å². The van der Waals surface area contributed by atoms with E-state index in [0.717, 1.165) is 10.0 Å². The Morgan fingerprint density at radius 1 is 0.935 bits per heavy atom. The lowest BCUT2D eigenvalue weighted by Gasteiger charge is -2.16. The smallest absolute Gasteiger partial charge is 0.162 e. The number of phenols is 1. The molecular weight excluding hydrogens is 532 g/mol. The first-order valence-electron chi connectivity index (χ1n) is 9.22. The first kappa shape index (κ1) is 23.8. The number of rotatable bonds is 8. The summed E-state index contributed by atoms with van der Waals surface area (Å²) in [5, 5.41) is 13.5. The summed E-state index contributed by atoms with van der Waals surface area (Å²) in [4.78, 5) is 0. The van der Waals surface area contributed by atoms with Crippen LogP contribution in [0.3, 0.4) is 0 Å². The van der Waals surface area contributed by atoms with E-state index in [0.29, 0.717) is 40.9 Å². The number of ether oxygens (including phenoxy) is 2. The maximum atomic E-state index is 13.2. The standard InChI is InChI=1S/C22H18BrCl3FNO3/c1-2-30-20-5-13(10-28-15-7-18(25)22(29)19(26)8-15)16(23)9-21(20)31-11-12-3-4-14(27)6-17(12)24/h3-9,28-29H,2,10-11H2,1H3. The third-order valence-electron chi connectivity index (χ3n) is 4.31. The van der Waals surface area contributed by atoms with Gasteiger partial charge in [0.25, 0.3) is 0 Å². The number of hydrogen-bond acceptors (Lipinski definition) is 4. The summed E-state index contributed by atoms with van der Waals surface area (Å²) in [7, 11) is 0. The van der Waals surface area contributed by atoms with Gasteiger partial charge in [-0.05, 0) is 48.9 Å². The van der Waals surface area contributed by atoms with Gasteiger partial charge in [0, 0.05) is 22.3 Å². The summed E-state index contributed by atoms with van der Waals surface area (Å²) in [5.74, 6) is 0.520. The van der Waals surface area contributed by atoms with Crippen molar-refractivity contribution in [2.45, 2.75) is 20.1 Å². The van der Waals surface area contributed by atoms with Gasteiger partial charge in [0.2, 0.25) is 0 Å². The summed E-state index contributed by atoms with van der Waals surface area (Å²) in [5.41, 5.74) is 2.22. The van der Waals surface area contributed by atoms with Crippen molar-refractivity contribution in [3.63, 3.8) is 0 Å². The van der Waals surface area contributed by atoms with Gasteiger partial charge in [-0.3, -0.25) is 0 Å². The zero-order chi connectivity index (χ0) is 22.5. The van der Waals surface area contributed by atoms with Gasteiger partial charge >= 0.3 is 0 Å². The molecule has 0 bridgehead atoms. The molecule has 0 aliphatic heterocycles. The molecule has 3 rings (SSSR count). The molecular formula is C22H18BrCl3FNO3. The normalized spacial score (nSPS) is 10.8. The van der Waals surface area contributed by atoms with Crippen LogP contribution in [0, 0.1) is 5.82 Å². The van der Waals surface area contributed by atoms with Gasteiger partial charge in [-0.15, -0.1) is 0 Å². The Hall–Kier alpha value is -1.86. The largest absolute Gasteiger partial charge is 0.505 e. The Morgan fingerprint density at radius 3 is 2.26 bits per heavy atom. The lowest BCUT2D eigenvalue weighted by Crippen LogP contribution is -2.04. The average Bonchev–Trinajstić information content (AvgIpc) is 2.72. The minimum absolute atomic E-state index is 0.156. The molecule has 3 aromatic rings. The van der Waals surface area contributed by atoms with Crippen molar-refractivity contribution in [3.05, 3.63) is 78.9 Å². The van der Waals surface area contributed by atoms with Gasteiger partial charge in [-0.2, -0.15) is 0 Å². The summed E-state index contributed by atoms with van der Waals surface area (Å²) < 4.78 is 25.7. The fraction of sp³-hybridized carbons (Fsp3) is 0.182. The fourth-order valence-electron chi connectivity index (χ4n) is 2.75. The molecule has 0 amide bonds. The van der Waals surface area contributed by atoms with Crippen LogP contribution in [0.4, 0.5) is 10.1 Å². The second-order valence-corrected chi connectivity index (χ2v) is 8.57. The number of halogens is 5. The molecule has 0 fully saturated rings. The molecule has 4 nitrogen and oxygen atoms in total. The molecule has 164 valence electrons. The molecule has 0 atom stereocenters. The number of benzene rings is 3. The molecule has 0 radical (unpaired) electrons. The Bertz CT molecular complexity index is 1070. The van der Waals surface area contributed by atoms with Gasteiger partial charge in [-0.25, -0.2) is 4.39 Å². The van der Waals surface area contributed by atoms with E-state index in [2.05, 4.69) is 21.2 Å². The zero-order valence-electron chi connectivity index (χ0n) is 16.3. The van der Waals surface area contributed by atoms with Crippen molar-refractivity contribution in [3.8, 4) is 17.2 Å². The molecule has 31 heavy (non-hydrogen) atoms. The number of aromatic hydroxyl groups is 1. The number of hydrogen-bond donors (Lipinski definition) is 2. The van der Waals surface area contributed by atoms with E-state index in [-0.39, 0.29) is 22.4 Å². The van der Waals surface area contributed by atoms with E-state index in [4.69, 9.17) is 44.3 Å². The minimum atomic E-state index is -0.403. The third kappa shape index (κ3) is 6.10. The predicted octanol–water partition coefficient (Wildman–Crippen LogP) is 7.84. The van der Waals surface area contributed by atoms with Crippen molar-refractivity contribution in [1.82, 2.24) is 0 Å². The van der Waals surface area contributed by atoms with Crippen LogP contribution < -0.4 is 14.8 Å². The average molecular weight is 550 g/mol. The molecule has 2 N–H and O–H groups in total. The Labute approximate surface area is 203 Å². The lowest BCUT2D eigenvalue weighted by atomic mass is 10.2. The van der Waals surface area contributed by atoms with Gasteiger partial charge in [0.1, 0.15) is 12.4 Å². The van der Waals surface area contributed by atoms with Crippen LogP contribution in [0.15, 0.2) is 46.9 Å². The van der Waals surface area contributed by atoms with Gasteiger partial charge in [0.15, 0.2) is 17.2 Å². The summed E-state index contributed by atoms with van der Waals surface area (Å²) in [6, 6.07) is 11.0. The van der Waals surface area contributed by atoms with E-state index < -0.39 is 5.82 Å². The molecule has 0 saturated heterocycles. The molecule has 0 aromatic heterocycles. The lowest BCUT2D eigenvalue weighted by molar-refractivity contribution is 0.269. The number of anilines is 1. The molecule has 0 unspecified atom stereocenters. The highest BCUT2D eigenvalue weighted by atomic mass is 79.9. The first-order valence-corrected chi connectivity index (χ1v) is 11.1. The number of nitrogens with one attached hydrogen (secondary N) is 1. The second kappa shape index (κ2) is 10.6. The van der Waals surface area contributed by atoms with E-state index in [1.165, 1.54) is 12.1 Å². The van der Waals surface area contributed by atoms with E-state index in [9.17, 15) is 9.50 Å². The zero-order valence-corrected chi connectivity index (χ0v) is 20.2. The van der Waals surface area contributed by atoms with E-state index in [1.54, 1.807) is 24.3 Å². The highest BCUT2D eigenvalue weighted by molar-refractivity contribution is 9.10. The maximum absolute atomic E-state index is 13.2. The SMILES string of the molecule is CCOc1cc(CNc2cc(Cl)c(O)c(Cl)c2)c(Br)cc1OCc1ccc(F)cc1Cl. The highest BCUT2D eigenvalue weighted by Crippen LogP contribution is 2.37. The van der Waals surface area contributed by atoms with Crippen LogP contribution in [-0.4, -0.2) is 11.7 Å². The molecule has 0 heterocycles. The number of phenolic OH excluding ortho intramolecular Hbond substituents is 1. The van der Waals surface area contributed by atoms with Crippen LogP contribution in [0.25, 0.3) is 0 Å². The monoisotopic (exact) mass is 547 g/mol. The fourth-order valence-corrected chi connectivity index (χ4v) is 3.92.